The van der Waals surface area contributed by atoms with Crippen LogP contribution in [-0.4, -0.2) is 24.2 Å². The number of primary sulfonamides is 1. The van der Waals surface area contributed by atoms with Gasteiger partial charge < -0.3 is 9.67 Å². The normalized spacial score (nSPS) is 13.8. The Labute approximate surface area is 87.0 Å². The molecular formula is C8H12N2O4S. The van der Waals surface area contributed by atoms with Crippen LogP contribution < -0.4 is 10.7 Å². The third-order valence-electron chi connectivity index (χ3n) is 1.75. The van der Waals surface area contributed by atoms with Crippen molar-refractivity contribution in [2.75, 3.05) is 0 Å². The zero-order valence-corrected chi connectivity index (χ0v) is 8.94. The molecule has 0 aromatic carbocycles. The van der Waals surface area contributed by atoms with Crippen LogP contribution >= 0.6 is 0 Å². The van der Waals surface area contributed by atoms with Gasteiger partial charge in [-0.25, -0.2) is 13.6 Å². The molecule has 1 atom stereocenters. The summed E-state index contributed by atoms with van der Waals surface area (Å²) in [5.74, 6) is 0. The van der Waals surface area contributed by atoms with E-state index in [0.717, 1.165) is 22.9 Å². The fourth-order valence-corrected chi connectivity index (χ4v) is 1.64. The fraction of sp³-hybridized carbons (Fsp3) is 0.375. The van der Waals surface area contributed by atoms with Crippen molar-refractivity contribution in [3.05, 3.63) is 28.7 Å². The Morgan fingerprint density at radius 3 is 2.60 bits per heavy atom. The van der Waals surface area contributed by atoms with Gasteiger partial charge in [-0.2, -0.15) is 0 Å². The van der Waals surface area contributed by atoms with Gasteiger partial charge in [-0.3, -0.25) is 4.79 Å². The highest BCUT2D eigenvalue weighted by Gasteiger charge is 2.10. The van der Waals surface area contributed by atoms with E-state index < -0.39 is 16.1 Å². The zero-order chi connectivity index (χ0) is 11.6. The minimum atomic E-state index is -3.82. The summed E-state index contributed by atoms with van der Waals surface area (Å²) in [5, 5.41) is 14.0. The lowest BCUT2D eigenvalue weighted by atomic mass is 10.4. The van der Waals surface area contributed by atoms with Crippen LogP contribution in [0, 0.1) is 0 Å². The molecule has 0 saturated carbocycles. The molecule has 15 heavy (non-hydrogen) atoms. The van der Waals surface area contributed by atoms with Crippen LogP contribution in [0.5, 0.6) is 0 Å². The molecule has 1 heterocycles. The Kier molecular flexibility index (Phi) is 3.28. The summed E-state index contributed by atoms with van der Waals surface area (Å²) in [6, 6.07) is 2.23. The van der Waals surface area contributed by atoms with Crippen molar-refractivity contribution >= 4 is 10.0 Å². The van der Waals surface area contributed by atoms with Gasteiger partial charge in [0.2, 0.25) is 10.0 Å². The van der Waals surface area contributed by atoms with E-state index in [1.165, 1.54) is 6.92 Å². The van der Waals surface area contributed by atoms with E-state index >= 15 is 0 Å². The van der Waals surface area contributed by atoms with Gasteiger partial charge in [0.05, 0.1) is 17.5 Å². The lowest BCUT2D eigenvalue weighted by Gasteiger charge is -2.08. The molecule has 0 spiro atoms. The first-order chi connectivity index (χ1) is 6.80. The van der Waals surface area contributed by atoms with Crippen LogP contribution in [-0.2, 0) is 16.6 Å². The van der Waals surface area contributed by atoms with E-state index in [1.54, 1.807) is 0 Å². The first-order valence-corrected chi connectivity index (χ1v) is 5.76. The van der Waals surface area contributed by atoms with Gasteiger partial charge in [0.1, 0.15) is 0 Å². The van der Waals surface area contributed by atoms with Gasteiger partial charge in [-0.1, -0.05) is 0 Å². The summed E-state index contributed by atoms with van der Waals surface area (Å²) < 4.78 is 23.1. The average molecular weight is 232 g/mol. The van der Waals surface area contributed by atoms with Crippen molar-refractivity contribution in [1.82, 2.24) is 4.57 Å². The second-order valence-electron chi connectivity index (χ2n) is 3.25. The molecule has 3 N–H and O–H groups in total. The number of nitrogens with two attached hydrogens (primary N) is 1. The lowest BCUT2D eigenvalue weighted by molar-refractivity contribution is 0.172. The topological polar surface area (TPSA) is 102 Å². The monoisotopic (exact) mass is 232 g/mol. The Morgan fingerprint density at radius 2 is 2.13 bits per heavy atom. The maximum atomic E-state index is 11.3. The van der Waals surface area contributed by atoms with Crippen LogP contribution in [0.3, 0.4) is 0 Å². The minimum Gasteiger partial charge on any atom is -0.392 e. The SMILES string of the molecule is C[C@@H](O)Cn1cc(S(N)(=O)=O)ccc1=O. The lowest BCUT2D eigenvalue weighted by Crippen LogP contribution is -2.26. The molecule has 0 fully saturated rings. The third kappa shape index (κ3) is 3.15. The molecule has 0 aliphatic heterocycles. The van der Waals surface area contributed by atoms with Crippen LogP contribution in [0.1, 0.15) is 6.92 Å². The van der Waals surface area contributed by atoms with E-state index in [0.29, 0.717) is 0 Å². The zero-order valence-electron chi connectivity index (χ0n) is 8.12. The quantitative estimate of drug-likeness (QED) is 0.688. The van der Waals surface area contributed by atoms with E-state index in [4.69, 9.17) is 10.2 Å². The fourth-order valence-electron chi connectivity index (χ4n) is 1.11. The number of aliphatic hydroxyl groups excluding tert-OH is 1. The highest BCUT2D eigenvalue weighted by atomic mass is 32.2. The van der Waals surface area contributed by atoms with Crippen LogP contribution in [0.4, 0.5) is 0 Å². The van der Waals surface area contributed by atoms with Crippen molar-refractivity contribution in [3.8, 4) is 0 Å². The summed E-state index contributed by atoms with van der Waals surface area (Å²) in [4.78, 5) is 11.1. The van der Waals surface area contributed by atoms with Gasteiger partial charge in [-0.05, 0) is 13.0 Å². The van der Waals surface area contributed by atoms with Crippen molar-refractivity contribution in [2.45, 2.75) is 24.5 Å². The van der Waals surface area contributed by atoms with E-state index in [2.05, 4.69) is 0 Å². The van der Waals surface area contributed by atoms with Gasteiger partial charge in [0.25, 0.3) is 5.56 Å². The molecule has 6 nitrogen and oxygen atoms in total. The van der Waals surface area contributed by atoms with Crippen LogP contribution in [0.2, 0.25) is 0 Å². The summed E-state index contributed by atoms with van der Waals surface area (Å²) in [6.07, 6.45) is 0.378. The smallest absolute Gasteiger partial charge is 0.250 e. The number of hydrogen-bond acceptors (Lipinski definition) is 4. The molecule has 0 aliphatic carbocycles. The van der Waals surface area contributed by atoms with Gasteiger partial charge >= 0.3 is 0 Å². The van der Waals surface area contributed by atoms with Crippen molar-refractivity contribution in [1.29, 1.82) is 0 Å². The molecule has 7 heteroatoms. The maximum Gasteiger partial charge on any atom is 0.250 e. The van der Waals surface area contributed by atoms with E-state index in [9.17, 15) is 13.2 Å². The van der Waals surface area contributed by atoms with Crippen LogP contribution in [0.25, 0.3) is 0 Å². The van der Waals surface area contributed by atoms with Gasteiger partial charge in [-0.15, -0.1) is 0 Å². The second-order valence-corrected chi connectivity index (χ2v) is 4.81. The van der Waals surface area contributed by atoms with E-state index in [1.807, 2.05) is 0 Å². The van der Waals surface area contributed by atoms with Crippen molar-refractivity contribution in [2.24, 2.45) is 5.14 Å². The van der Waals surface area contributed by atoms with Crippen LogP contribution in [0.15, 0.2) is 28.0 Å². The number of rotatable bonds is 3. The summed E-state index contributed by atoms with van der Waals surface area (Å²) in [6.45, 7) is 1.53. The minimum absolute atomic E-state index is 0.0300. The summed E-state index contributed by atoms with van der Waals surface area (Å²) in [5.41, 5.74) is -0.386. The molecule has 0 radical (unpaired) electrons. The first-order valence-electron chi connectivity index (χ1n) is 4.22. The molecule has 0 aliphatic rings. The largest absolute Gasteiger partial charge is 0.392 e. The molecule has 1 aromatic rings. The summed E-state index contributed by atoms with van der Waals surface area (Å²) >= 11 is 0. The molecule has 0 bridgehead atoms. The molecule has 0 unspecified atom stereocenters. The molecule has 84 valence electrons. The Bertz CT molecular complexity index is 504. The molecule has 0 saturated heterocycles. The number of nitrogens with zero attached hydrogens (tertiary/aromatic N) is 1. The standard InChI is InChI=1S/C8H12N2O4S/c1-6(11)4-10-5-7(15(9,13)14)2-3-8(10)12/h2-3,5-6,11H,4H2,1H3,(H2,9,13,14)/t6-/m1/s1. The van der Waals surface area contributed by atoms with Gasteiger partial charge in [0.15, 0.2) is 0 Å². The molecule has 0 amide bonds. The number of pyridine rings is 1. The number of sulfonamides is 1. The Hall–Kier alpha value is -1.18. The Morgan fingerprint density at radius 1 is 1.53 bits per heavy atom. The van der Waals surface area contributed by atoms with Crippen molar-refractivity contribution < 1.29 is 13.5 Å². The second kappa shape index (κ2) is 4.13. The molecule has 1 aromatic heterocycles. The predicted octanol–water partition coefficient (Wildman–Crippen LogP) is -1.12. The molecule has 1 rings (SSSR count). The third-order valence-corrected chi connectivity index (χ3v) is 2.64. The van der Waals surface area contributed by atoms with Crippen molar-refractivity contribution in [3.63, 3.8) is 0 Å². The number of hydrogen-bond donors (Lipinski definition) is 2. The molecular weight excluding hydrogens is 220 g/mol. The Balaban J connectivity index is 3.23. The average Bonchev–Trinajstić information content (AvgIpc) is 2.06. The first kappa shape index (κ1) is 11.9. The number of aliphatic hydroxyl groups is 1. The number of aromatic nitrogens is 1. The van der Waals surface area contributed by atoms with E-state index in [-0.39, 0.29) is 17.0 Å². The predicted molar refractivity (Wildman–Crippen MR) is 53.8 cm³/mol. The van der Waals surface area contributed by atoms with Gasteiger partial charge in [0, 0.05) is 12.3 Å². The maximum absolute atomic E-state index is 11.3. The summed E-state index contributed by atoms with van der Waals surface area (Å²) in [7, 11) is -3.82. The highest BCUT2D eigenvalue weighted by Crippen LogP contribution is 2.02. The highest BCUT2D eigenvalue weighted by molar-refractivity contribution is 7.89.